The zero-order valence-corrected chi connectivity index (χ0v) is 14.1. The lowest BCUT2D eigenvalue weighted by Gasteiger charge is -2.11. The maximum Gasteiger partial charge on any atom is 0.328 e. The van der Waals surface area contributed by atoms with Crippen LogP contribution in [0.2, 0.25) is 0 Å². The van der Waals surface area contributed by atoms with E-state index in [4.69, 9.17) is 0 Å². The first-order valence-electron chi connectivity index (χ1n) is 8.56. The van der Waals surface area contributed by atoms with Gasteiger partial charge in [0.2, 0.25) is 0 Å². The van der Waals surface area contributed by atoms with Gasteiger partial charge in [0.1, 0.15) is 0 Å². The molecule has 0 aliphatic carbocycles. The SMILES string of the molecule is CCCCCCn1c(=O)[nH]c(Cc2ccccc2)c(CC)c1=O. The molecule has 4 heteroatoms. The third kappa shape index (κ3) is 4.44. The molecule has 0 amide bonds. The minimum Gasteiger partial charge on any atom is -0.310 e. The maximum atomic E-state index is 12.6. The average Bonchev–Trinajstić information content (AvgIpc) is 2.55. The summed E-state index contributed by atoms with van der Waals surface area (Å²) in [7, 11) is 0. The van der Waals surface area contributed by atoms with E-state index in [0.29, 0.717) is 19.4 Å². The monoisotopic (exact) mass is 314 g/mol. The molecule has 0 saturated carbocycles. The van der Waals surface area contributed by atoms with Crippen molar-refractivity contribution in [1.82, 2.24) is 9.55 Å². The van der Waals surface area contributed by atoms with E-state index < -0.39 is 0 Å². The number of aromatic amines is 1. The van der Waals surface area contributed by atoms with Crippen LogP contribution in [0, 0.1) is 0 Å². The van der Waals surface area contributed by atoms with E-state index in [0.717, 1.165) is 42.5 Å². The highest BCUT2D eigenvalue weighted by Crippen LogP contribution is 2.09. The van der Waals surface area contributed by atoms with Crippen LogP contribution in [0.5, 0.6) is 0 Å². The molecular weight excluding hydrogens is 288 g/mol. The minimum absolute atomic E-state index is 0.126. The van der Waals surface area contributed by atoms with Crippen LogP contribution in [-0.2, 0) is 19.4 Å². The van der Waals surface area contributed by atoms with Crippen LogP contribution in [0.25, 0.3) is 0 Å². The molecule has 0 aliphatic heterocycles. The molecule has 2 rings (SSSR count). The number of benzene rings is 1. The number of hydrogen-bond acceptors (Lipinski definition) is 2. The van der Waals surface area contributed by atoms with Crippen molar-refractivity contribution >= 4 is 0 Å². The van der Waals surface area contributed by atoms with Gasteiger partial charge in [0.05, 0.1) is 0 Å². The number of nitrogens with zero attached hydrogens (tertiary/aromatic N) is 1. The third-order valence-corrected chi connectivity index (χ3v) is 4.18. The number of aromatic nitrogens is 2. The number of H-pyrrole nitrogens is 1. The van der Waals surface area contributed by atoms with Crippen molar-refractivity contribution in [2.24, 2.45) is 0 Å². The largest absolute Gasteiger partial charge is 0.328 e. The van der Waals surface area contributed by atoms with Gasteiger partial charge in [-0.25, -0.2) is 4.79 Å². The molecule has 1 aromatic heterocycles. The maximum absolute atomic E-state index is 12.6. The fraction of sp³-hybridized carbons (Fsp3) is 0.474. The number of hydrogen-bond donors (Lipinski definition) is 1. The summed E-state index contributed by atoms with van der Waals surface area (Å²) >= 11 is 0. The highest BCUT2D eigenvalue weighted by Gasteiger charge is 2.12. The molecule has 0 atom stereocenters. The Morgan fingerprint density at radius 2 is 1.74 bits per heavy atom. The van der Waals surface area contributed by atoms with Gasteiger partial charge in [-0.2, -0.15) is 0 Å². The Kier molecular flexibility index (Phi) is 6.39. The molecule has 1 heterocycles. The Labute approximate surface area is 137 Å². The first-order valence-corrected chi connectivity index (χ1v) is 8.56. The van der Waals surface area contributed by atoms with E-state index in [-0.39, 0.29) is 11.2 Å². The van der Waals surface area contributed by atoms with Gasteiger partial charge in [-0.05, 0) is 18.4 Å². The van der Waals surface area contributed by atoms with Crippen LogP contribution in [0.15, 0.2) is 39.9 Å². The number of unbranched alkanes of at least 4 members (excludes halogenated alkanes) is 3. The summed E-state index contributed by atoms with van der Waals surface area (Å²) < 4.78 is 1.36. The third-order valence-electron chi connectivity index (χ3n) is 4.18. The second kappa shape index (κ2) is 8.51. The van der Waals surface area contributed by atoms with Crippen molar-refractivity contribution in [3.05, 3.63) is 68.0 Å². The van der Waals surface area contributed by atoms with Gasteiger partial charge < -0.3 is 4.98 Å². The molecule has 4 nitrogen and oxygen atoms in total. The molecule has 23 heavy (non-hydrogen) atoms. The van der Waals surface area contributed by atoms with Gasteiger partial charge in [-0.3, -0.25) is 9.36 Å². The van der Waals surface area contributed by atoms with Crippen LogP contribution < -0.4 is 11.2 Å². The molecule has 0 spiro atoms. The summed E-state index contributed by atoms with van der Waals surface area (Å²) in [4.78, 5) is 27.9. The van der Waals surface area contributed by atoms with Crippen LogP contribution in [0.3, 0.4) is 0 Å². The first kappa shape index (κ1) is 17.3. The molecule has 1 N–H and O–H groups in total. The van der Waals surface area contributed by atoms with E-state index in [9.17, 15) is 9.59 Å². The zero-order valence-electron chi connectivity index (χ0n) is 14.1. The van der Waals surface area contributed by atoms with Crippen molar-refractivity contribution in [3.8, 4) is 0 Å². The Morgan fingerprint density at radius 3 is 2.39 bits per heavy atom. The molecule has 2 aromatic rings. The molecule has 1 aromatic carbocycles. The summed E-state index contributed by atoms with van der Waals surface area (Å²) in [6.07, 6.45) is 5.42. The molecule has 0 aliphatic rings. The summed E-state index contributed by atoms with van der Waals surface area (Å²) in [5, 5.41) is 0. The molecule has 0 radical (unpaired) electrons. The van der Waals surface area contributed by atoms with Crippen molar-refractivity contribution in [1.29, 1.82) is 0 Å². The van der Waals surface area contributed by atoms with Gasteiger partial charge in [0.15, 0.2) is 0 Å². The lowest BCUT2D eigenvalue weighted by Crippen LogP contribution is -2.38. The van der Waals surface area contributed by atoms with Crippen LogP contribution in [0.4, 0.5) is 0 Å². The lowest BCUT2D eigenvalue weighted by molar-refractivity contribution is 0.543. The highest BCUT2D eigenvalue weighted by atomic mass is 16.2. The van der Waals surface area contributed by atoms with Crippen LogP contribution in [-0.4, -0.2) is 9.55 Å². The van der Waals surface area contributed by atoms with E-state index in [1.54, 1.807) is 0 Å². The highest BCUT2D eigenvalue weighted by molar-refractivity contribution is 5.26. The normalized spacial score (nSPS) is 10.9. The second-order valence-electron chi connectivity index (χ2n) is 5.92. The second-order valence-corrected chi connectivity index (χ2v) is 5.92. The summed E-state index contributed by atoms with van der Waals surface area (Å²) in [6.45, 7) is 4.62. The Morgan fingerprint density at radius 1 is 1.00 bits per heavy atom. The molecule has 0 fully saturated rings. The van der Waals surface area contributed by atoms with E-state index >= 15 is 0 Å². The zero-order chi connectivity index (χ0) is 16.7. The predicted molar refractivity (Wildman–Crippen MR) is 94.1 cm³/mol. The van der Waals surface area contributed by atoms with Gasteiger partial charge in [-0.1, -0.05) is 63.4 Å². The smallest absolute Gasteiger partial charge is 0.310 e. The van der Waals surface area contributed by atoms with Gasteiger partial charge >= 0.3 is 5.69 Å². The number of nitrogens with one attached hydrogen (secondary N) is 1. The Bertz CT molecular complexity index is 729. The predicted octanol–water partition coefficient (Wildman–Crippen LogP) is 3.27. The topological polar surface area (TPSA) is 54.9 Å². The summed E-state index contributed by atoms with van der Waals surface area (Å²) in [6, 6.07) is 9.91. The molecule has 0 saturated heterocycles. The van der Waals surface area contributed by atoms with E-state index in [1.807, 2.05) is 37.3 Å². The number of rotatable bonds is 8. The molecule has 0 unspecified atom stereocenters. The van der Waals surface area contributed by atoms with E-state index in [2.05, 4.69) is 11.9 Å². The van der Waals surface area contributed by atoms with Gasteiger partial charge in [-0.15, -0.1) is 0 Å². The quantitative estimate of drug-likeness (QED) is 0.760. The molecule has 124 valence electrons. The minimum atomic E-state index is -0.283. The Balaban J connectivity index is 2.28. The van der Waals surface area contributed by atoms with Crippen molar-refractivity contribution in [2.75, 3.05) is 0 Å². The van der Waals surface area contributed by atoms with Crippen molar-refractivity contribution < 1.29 is 0 Å². The Hall–Kier alpha value is -2.10. The van der Waals surface area contributed by atoms with Crippen molar-refractivity contribution in [2.45, 2.75) is 58.9 Å². The van der Waals surface area contributed by atoms with Crippen LogP contribution >= 0.6 is 0 Å². The first-order chi connectivity index (χ1) is 11.2. The fourth-order valence-corrected chi connectivity index (χ4v) is 2.87. The van der Waals surface area contributed by atoms with Crippen molar-refractivity contribution in [3.63, 3.8) is 0 Å². The fourth-order valence-electron chi connectivity index (χ4n) is 2.87. The molecular formula is C19H26N2O2. The van der Waals surface area contributed by atoms with Gasteiger partial charge in [0, 0.05) is 24.2 Å². The van der Waals surface area contributed by atoms with E-state index in [1.165, 1.54) is 4.57 Å². The van der Waals surface area contributed by atoms with Crippen LogP contribution in [0.1, 0.15) is 56.4 Å². The van der Waals surface area contributed by atoms with Gasteiger partial charge in [0.25, 0.3) is 5.56 Å². The standard InChI is InChI=1S/C19H26N2O2/c1-3-5-6-10-13-21-18(22)16(4-2)17(20-19(21)23)14-15-11-8-7-9-12-15/h7-9,11-12H,3-6,10,13-14H2,1-2H3,(H,20,23). The summed E-state index contributed by atoms with van der Waals surface area (Å²) in [5.41, 5.74) is 2.16. The summed E-state index contributed by atoms with van der Waals surface area (Å²) in [5.74, 6) is 0. The molecule has 0 bridgehead atoms. The lowest BCUT2D eigenvalue weighted by atomic mass is 10.0. The average molecular weight is 314 g/mol.